The molecule has 1 heterocycles. The molecule has 0 fully saturated rings. The summed E-state index contributed by atoms with van der Waals surface area (Å²) in [6, 6.07) is 0. The number of nitrogens with zero attached hydrogens (tertiary/aromatic N) is 1. The molecule has 0 radical (unpaired) electrons. The standard InChI is InChI=1S/C9H6BrF3INO3/c10-2-5-4(1-7(16)17)6(3-15-8(5)14)18-9(11,12)13/h3H,1-2H2,(H,16,17). The number of carboxylic acid groups (broad SMARTS) is 1. The summed E-state index contributed by atoms with van der Waals surface area (Å²) in [7, 11) is 0. The SMILES string of the molecule is O=C(O)Cc1c(OC(F)(F)F)cnc(I)c1CBr. The topological polar surface area (TPSA) is 59.4 Å². The van der Waals surface area contributed by atoms with Crippen LogP contribution in [0.15, 0.2) is 6.20 Å². The normalized spacial score (nSPS) is 11.4. The number of halogens is 5. The van der Waals surface area contributed by atoms with Crippen LogP contribution in [-0.4, -0.2) is 22.4 Å². The molecule has 0 spiro atoms. The van der Waals surface area contributed by atoms with Gasteiger partial charge in [-0.3, -0.25) is 4.79 Å². The van der Waals surface area contributed by atoms with Crippen LogP contribution in [-0.2, 0) is 16.5 Å². The Morgan fingerprint density at radius 3 is 2.56 bits per heavy atom. The van der Waals surface area contributed by atoms with Gasteiger partial charge in [0.1, 0.15) is 3.70 Å². The molecule has 1 rings (SSSR count). The Labute approximate surface area is 122 Å². The number of carboxylic acids is 1. The lowest BCUT2D eigenvalue weighted by molar-refractivity contribution is -0.275. The number of carbonyl (C=O) groups is 1. The van der Waals surface area contributed by atoms with Crippen LogP contribution >= 0.6 is 38.5 Å². The van der Waals surface area contributed by atoms with Crippen LogP contribution in [0.4, 0.5) is 13.2 Å². The molecule has 1 aromatic heterocycles. The van der Waals surface area contributed by atoms with Crippen molar-refractivity contribution in [1.29, 1.82) is 0 Å². The molecular weight excluding hydrogens is 434 g/mol. The number of pyridine rings is 1. The highest BCUT2D eigenvalue weighted by Crippen LogP contribution is 2.31. The molecule has 0 aromatic carbocycles. The van der Waals surface area contributed by atoms with E-state index >= 15 is 0 Å². The Hall–Kier alpha value is -0.580. The molecule has 0 amide bonds. The Morgan fingerprint density at radius 2 is 2.11 bits per heavy atom. The zero-order chi connectivity index (χ0) is 13.9. The Kier molecular flexibility index (Phi) is 5.20. The molecule has 0 atom stereocenters. The van der Waals surface area contributed by atoms with E-state index in [4.69, 9.17) is 5.11 Å². The molecule has 1 aromatic rings. The molecule has 1 N–H and O–H groups in total. The highest BCUT2D eigenvalue weighted by atomic mass is 127. The first-order valence-corrected chi connectivity index (χ1v) is 6.64. The van der Waals surface area contributed by atoms with E-state index in [0.717, 1.165) is 6.20 Å². The minimum absolute atomic E-state index is 0.0314. The van der Waals surface area contributed by atoms with Crippen molar-refractivity contribution in [2.45, 2.75) is 18.1 Å². The van der Waals surface area contributed by atoms with Crippen LogP contribution < -0.4 is 4.74 Å². The first-order chi connectivity index (χ1) is 8.24. The van der Waals surface area contributed by atoms with Crippen LogP contribution in [0.1, 0.15) is 11.1 Å². The fourth-order valence-corrected chi connectivity index (χ4v) is 3.02. The summed E-state index contributed by atoms with van der Waals surface area (Å²) in [5.41, 5.74) is 0.343. The average molecular weight is 440 g/mol. The van der Waals surface area contributed by atoms with Gasteiger partial charge in [0, 0.05) is 16.5 Å². The molecule has 0 aliphatic heterocycles. The maximum atomic E-state index is 12.2. The molecule has 0 aliphatic carbocycles. The predicted octanol–water partition coefficient (Wildman–Crippen LogP) is 3.11. The van der Waals surface area contributed by atoms with Gasteiger partial charge in [-0.25, -0.2) is 4.98 Å². The van der Waals surface area contributed by atoms with Gasteiger partial charge in [0.2, 0.25) is 0 Å². The van der Waals surface area contributed by atoms with Gasteiger partial charge in [0.25, 0.3) is 0 Å². The van der Waals surface area contributed by atoms with E-state index in [1.807, 2.05) is 22.6 Å². The quantitative estimate of drug-likeness (QED) is 0.445. The van der Waals surface area contributed by atoms with Gasteiger partial charge in [-0.15, -0.1) is 13.2 Å². The smallest absolute Gasteiger partial charge is 0.481 e. The Morgan fingerprint density at radius 1 is 1.50 bits per heavy atom. The Balaban J connectivity index is 3.28. The highest BCUT2D eigenvalue weighted by molar-refractivity contribution is 14.1. The fraction of sp³-hybridized carbons (Fsp3) is 0.333. The summed E-state index contributed by atoms with van der Waals surface area (Å²) in [4.78, 5) is 14.4. The maximum Gasteiger partial charge on any atom is 0.573 e. The fourth-order valence-electron chi connectivity index (χ4n) is 1.24. The van der Waals surface area contributed by atoms with Crippen molar-refractivity contribution in [3.63, 3.8) is 0 Å². The van der Waals surface area contributed by atoms with E-state index in [9.17, 15) is 18.0 Å². The van der Waals surface area contributed by atoms with Gasteiger partial charge < -0.3 is 9.84 Å². The minimum atomic E-state index is -4.88. The van der Waals surface area contributed by atoms with Crippen molar-refractivity contribution in [1.82, 2.24) is 4.98 Å². The van der Waals surface area contributed by atoms with Crippen molar-refractivity contribution >= 4 is 44.5 Å². The molecular formula is C9H6BrF3INO3. The van der Waals surface area contributed by atoms with Crippen molar-refractivity contribution in [2.75, 3.05) is 0 Å². The van der Waals surface area contributed by atoms with Gasteiger partial charge in [-0.05, 0) is 22.6 Å². The zero-order valence-corrected chi connectivity index (χ0v) is 12.3. The molecule has 100 valence electrons. The van der Waals surface area contributed by atoms with Crippen LogP contribution in [0.2, 0.25) is 0 Å². The van der Waals surface area contributed by atoms with Gasteiger partial charge in [0.15, 0.2) is 5.75 Å². The van der Waals surface area contributed by atoms with Gasteiger partial charge in [0.05, 0.1) is 12.6 Å². The maximum absolute atomic E-state index is 12.2. The monoisotopic (exact) mass is 439 g/mol. The van der Waals surface area contributed by atoms with Crippen molar-refractivity contribution in [2.24, 2.45) is 0 Å². The lowest BCUT2D eigenvalue weighted by atomic mass is 10.1. The summed E-state index contributed by atoms with van der Waals surface area (Å²) in [5, 5.41) is 8.92. The number of hydrogen-bond donors (Lipinski definition) is 1. The summed E-state index contributed by atoms with van der Waals surface area (Å²) in [5.74, 6) is -1.83. The van der Waals surface area contributed by atoms with Crippen molar-refractivity contribution in [3.8, 4) is 5.75 Å². The minimum Gasteiger partial charge on any atom is -0.481 e. The van der Waals surface area contributed by atoms with Gasteiger partial charge >= 0.3 is 12.3 Å². The summed E-state index contributed by atoms with van der Waals surface area (Å²) in [6.07, 6.45) is -4.57. The molecule has 4 nitrogen and oxygen atoms in total. The second-order valence-electron chi connectivity index (χ2n) is 3.12. The predicted molar refractivity (Wildman–Crippen MR) is 67.6 cm³/mol. The van der Waals surface area contributed by atoms with E-state index in [1.54, 1.807) is 0 Å². The summed E-state index contributed by atoms with van der Waals surface area (Å²) in [6.45, 7) is 0. The highest BCUT2D eigenvalue weighted by Gasteiger charge is 2.33. The number of aliphatic carboxylic acids is 1. The molecule has 0 aliphatic rings. The Bertz CT molecular complexity index is 467. The second kappa shape index (κ2) is 6.04. The molecule has 18 heavy (non-hydrogen) atoms. The first kappa shape index (κ1) is 15.5. The third-order valence-electron chi connectivity index (χ3n) is 1.89. The van der Waals surface area contributed by atoms with E-state index in [1.165, 1.54) is 0 Å². The molecule has 0 saturated carbocycles. The number of aromatic nitrogens is 1. The van der Waals surface area contributed by atoms with Gasteiger partial charge in [-0.2, -0.15) is 0 Å². The third kappa shape index (κ3) is 4.26. The molecule has 9 heteroatoms. The van der Waals surface area contributed by atoms with Crippen LogP contribution in [0.25, 0.3) is 0 Å². The number of hydrogen-bond acceptors (Lipinski definition) is 3. The second-order valence-corrected chi connectivity index (χ2v) is 4.70. The van der Waals surface area contributed by atoms with E-state index in [0.29, 0.717) is 9.26 Å². The molecule has 0 unspecified atom stereocenters. The van der Waals surface area contributed by atoms with Crippen LogP contribution in [0, 0.1) is 3.70 Å². The van der Waals surface area contributed by atoms with Crippen LogP contribution in [0.3, 0.4) is 0 Å². The number of rotatable bonds is 4. The van der Waals surface area contributed by atoms with E-state index in [-0.39, 0.29) is 10.9 Å². The lowest BCUT2D eigenvalue weighted by Crippen LogP contribution is -2.20. The molecule has 0 bridgehead atoms. The van der Waals surface area contributed by atoms with Crippen molar-refractivity contribution in [3.05, 3.63) is 21.0 Å². The zero-order valence-electron chi connectivity index (χ0n) is 8.59. The number of alkyl halides is 4. The first-order valence-electron chi connectivity index (χ1n) is 4.44. The third-order valence-corrected chi connectivity index (χ3v) is 3.38. The van der Waals surface area contributed by atoms with Crippen molar-refractivity contribution < 1.29 is 27.8 Å². The largest absolute Gasteiger partial charge is 0.573 e. The summed E-state index contributed by atoms with van der Waals surface area (Å²) >= 11 is 4.90. The lowest BCUT2D eigenvalue weighted by Gasteiger charge is -2.15. The van der Waals surface area contributed by atoms with E-state index < -0.39 is 24.5 Å². The average Bonchev–Trinajstić information content (AvgIpc) is 2.20. The van der Waals surface area contributed by atoms with E-state index in [2.05, 4.69) is 25.7 Å². The molecule has 0 saturated heterocycles. The number of ether oxygens (including phenoxy) is 1. The van der Waals surface area contributed by atoms with Gasteiger partial charge in [-0.1, -0.05) is 15.9 Å². The van der Waals surface area contributed by atoms with Crippen LogP contribution in [0.5, 0.6) is 5.75 Å². The summed E-state index contributed by atoms with van der Waals surface area (Å²) < 4.78 is 40.8.